The van der Waals surface area contributed by atoms with Crippen LogP contribution in [0, 0.1) is 0 Å². The third-order valence-electron chi connectivity index (χ3n) is 4.71. The van der Waals surface area contributed by atoms with Crippen LogP contribution in [0.25, 0.3) is 0 Å². The first-order valence-electron chi connectivity index (χ1n) is 9.76. The van der Waals surface area contributed by atoms with Gasteiger partial charge in [-0.25, -0.2) is 8.42 Å². The molecule has 3 rings (SSSR count). The summed E-state index contributed by atoms with van der Waals surface area (Å²) in [6.45, 7) is 0. The van der Waals surface area contributed by atoms with Crippen molar-refractivity contribution in [1.29, 1.82) is 0 Å². The SMILES string of the molecule is CSc1ccccc1Oc1ccc(C(F)(F)F)cc1NS(=O)(=O)c1cc(C(F)(F)F)cc(C(F)(F)F)c1. The molecular weight excluding hydrogens is 561 g/mol. The largest absolute Gasteiger partial charge is 0.454 e. The molecule has 1 N–H and O–H groups in total. The molecule has 4 nitrogen and oxygen atoms in total. The Morgan fingerprint density at radius 2 is 1.24 bits per heavy atom. The van der Waals surface area contributed by atoms with Crippen molar-refractivity contribution in [2.75, 3.05) is 11.0 Å². The van der Waals surface area contributed by atoms with Crippen LogP contribution in [-0.4, -0.2) is 14.7 Å². The maximum Gasteiger partial charge on any atom is 0.416 e. The van der Waals surface area contributed by atoms with Crippen LogP contribution in [0.2, 0.25) is 0 Å². The summed E-state index contributed by atoms with van der Waals surface area (Å²) in [6.07, 6.45) is -14.0. The summed E-state index contributed by atoms with van der Waals surface area (Å²) in [5.41, 5.74) is -6.05. The summed E-state index contributed by atoms with van der Waals surface area (Å²) in [6, 6.07) is 7.41. The van der Waals surface area contributed by atoms with Gasteiger partial charge in [-0.2, -0.15) is 39.5 Å². The van der Waals surface area contributed by atoms with Crippen molar-refractivity contribution in [2.45, 2.75) is 28.3 Å². The minimum absolute atomic E-state index is 0.0608. The Morgan fingerprint density at radius 3 is 1.76 bits per heavy atom. The normalized spacial score (nSPS) is 12.9. The quantitative estimate of drug-likeness (QED) is 0.239. The smallest absolute Gasteiger partial charge is 0.416 e. The van der Waals surface area contributed by atoms with E-state index in [0.29, 0.717) is 17.0 Å². The molecule has 0 aliphatic heterocycles. The number of anilines is 1. The lowest BCUT2D eigenvalue weighted by molar-refractivity contribution is -0.143. The predicted octanol–water partition coefficient (Wildman–Crippen LogP) is 8.06. The van der Waals surface area contributed by atoms with Crippen LogP contribution in [-0.2, 0) is 28.6 Å². The fourth-order valence-electron chi connectivity index (χ4n) is 2.98. The maximum atomic E-state index is 13.3. The molecular formula is C22H14F9NO3S2. The van der Waals surface area contributed by atoms with Gasteiger partial charge in [0.1, 0.15) is 5.75 Å². The third kappa shape index (κ3) is 6.83. The highest BCUT2D eigenvalue weighted by atomic mass is 32.2. The Morgan fingerprint density at radius 1 is 0.703 bits per heavy atom. The average Bonchev–Trinajstić information content (AvgIpc) is 2.78. The molecule has 0 unspecified atom stereocenters. The molecule has 200 valence electrons. The van der Waals surface area contributed by atoms with Gasteiger partial charge in [0, 0.05) is 4.90 Å². The summed E-state index contributed by atoms with van der Waals surface area (Å²) >= 11 is 1.19. The average molecular weight is 575 g/mol. The molecule has 0 atom stereocenters. The number of halogens is 9. The number of hydrogen-bond acceptors (Lipinski definition) is 4. The number of rotatable bonds is 6. The van der Waals surface area contributed by atoms with Gasteiger partial charge in [-0.05, 0) is 54.8 Å². The Hall–Kier alpha value is -3.07. The topological polar surface area (TPSA) is 55.4 Å². The highest BCUT2D eigenvalue weighted by molar-refractivity contribution is 7.98. The fraction of sp³-hybridized carbons (Fsp3) is 0.182. The molecule has 0 aliphatic rings. The zero-order valence-electron chi connectivity index (χ0n) is 18.2. The van der Waals surface area contributed by atoms with E-state index in [1.807, 2.05) is 0 Å². The molecule has 0 bridgehead atoms. The molecule has 0 aliphatic carbocycles. The van der Waals surface area contributed by atoms with Gasteiger partial charge in [-0.15, -0.1) is 11.8 Å². The molecule has 37 heavy (non-hydrogen) atoms. The van der Waals surface area contributed by atoms with Gasteiger partial charge in [0.25, 0.3) is 10.0 Å². The van der Waals surface area contributed by atoms with Crippen LogP contribution in [0.1, 0.15) is 16.7 Å². The summed E-state index contributed by atoms with van der Waals surface area (Å²) in [5.74, 6) is -0.380. The Balaban J connectivity index is 2.15. The standard InChI is InChI=1S/C22H14F9NO3S2/c1-36-19-5-3-2-4-18(19)35-17-7-6-12(20(23,24)25)11-16(17)32-37(33,34)15-9-13(21(26,27)28)8-14(10-15)22(29,30)31/h2-11,32H,1H3. The van der Waals surface area contributed by atoms with Crippen LogP contribution in [0.15, 0.2) is 70.5 Å². The summed E-state index contributed by atoms with van der Waals surface area (Å²) in [4.78, 5) is -0.966. The second-order valence-corrected chi connectivity index (χ2v) is 9.84. The van der Waals surface area contributed by atoms with E-state index in [9.17, 15) is 47.9 Å². The zero-order chi connectivity index (χ0) is 27.8. The first-order valence-corrected chi connectivity index (χ1v) is 12.5. The minimum atomic E-state index is -5.35. The molecule has 0 spiro atoms. The molecule has 3 aromatic rings. The third-order valence-corrected chi connectivity index (χ3v) is 6.83. The van der Waals surface area contributed by atoms with Crippen LogP contribution in [0.4, 0.5) is 45.2 Å². The first kappa shape index (κ1) is 28.5. The summed E-state index contributed by atoms with van der Waals surface area (Å²) < 4.78 is 152. The van der Waals surface area contributed by atoms with E-state index in [4.69, 9.17) is 4.74 Å². The van der Waals surface area contributed by atoms with E-state index in [1.54, 1.807) is 23.1 Å². The van der Waals surface area contributed by atoms with Crippen molar-refractivity contribution in [3.8, 4) is 11.5 Å². The fourth-order valence-corrected chi connectivity index (χ4v) is 4.64. The lowest BCUT2D eigenvalue weighted by Crippen LogP contribution is -2.18. The minimum Gasteiger partial charge on any atom is -0.454 e. The zero-order valence-corrected chi connectivity index (χ0v) is 19.8. The maximum absolute atomic E-state index is 13.3. The van der Waals surface area contributed by atoms with Crippen molar-refractivity contribution in [2.24, 2.45) is 0 Å². The van der Waals surface area contributed by atoms with Gasteiger partial charge in [-0.3, -0.25) is 4.72 Å². The van der Waals surface area contributed by atoms with Crippen molar-refractivity contribution < 1.29 is 52.7 Å². The number of alkyl halides is 9. The second kappa shape index (κ2) is 10.0. The molecule has 0 heterocycles. The Bertz CT molecular complexity index is 1370. The van der Waals surface area contributed by atoms with E-state index in [2.05, 4.69) is 0 Å². The van der Waals surface area contributed by atoms with Crippen LogP contribution >= 0.6 is 11.8 Å². The number of nitrogens with one attached hydrogen (secondary N) is 1. The number of sulfonamides is 1. The summed E-state index contributed by atoms with van der Waals surface area (Å²) in [7, 11) is -5.27. The van der Waals surface area contributed by atoms with E-state index in [1.165, 1.54) is 23.9 Å². The molecule has 0 saturated heterocycles. The molecule has 3 aromatic carbocycles. The van der Waals surface area contributed by atoms with Crippen molar-refractivity contribution in [1.82, 2.24) is 0 Å². The van der Waals surface area contributed by atoms with Gasteiger partial charge in [0.2, 0.25) is 0 Å². The van der Waals surface area contributed by atoms with Crippen LogP contribution < -0.4 is 9.46 Å². The monoisotopic (exact) mass is 575 g/mol. The molecule has 0 amide bonds. The van der Waals surface area contributed by atoms with Crippen molar-refractivity contribution in [3.63, 3.8) is 0 Å². The Labute approximate surface area is 208 Å². The van der Waals surface area contributed by atoms with E-state index < -0.39 is 61.6 Å². The lowest BCUT2D eigenvalue weighted by Gasteiger charge is -2.18. The van der Waals surface area contributed by atoms with Gasteiger partial charge in [0.05, 0.1) is 27.3 Å². The van der Waals surface area contributed by atoms with Gasteiger partial charge in [0.15, 0.2) is 5.75 Å². The number of benzene rings is 3. The van der Waals surface area contributed by atoms with Crippen molar-refractivity contribution in [3.05, 3.63) is 77.4 Å². The van der Waals surface area contributed by atoms with Gasteiger partial charge < -0.3 is 4.74 Å². The molecule has 0 saturated carbocycles. The second-order valence-electron chi connectivity index (χ2n) is 7.31. The van der Waals surface area contributed by atoms with E-state index in [0.717, 1.165) is 6.07 Å². The van der Waals surface area contributed by atoms with Crippen LogP contribution in [0.5, 0.6) is 11.5 Å². The number of hydrogen-bond donors (Lipinski definition) is 1. The predicted molar refractivity (Wildman–Crippen MR) is 117 cm³/mol. The van der Waals surface area contributed by atoms with Gasteiger partial charge >= 0.3 is 18.5 Å². The van der Waals surface area contributed by atoms with Gasteiger partial charge in [-0.1, -0.05) is 12.1 Å². The van der Waals surface area contributed by atoms with E-state index >= 15 is 0 Å². The van der Waals surface area contributed by atoms with Crippen LogP contribution in [0.3, 0.4) is 0 Å². The first-order chi connectivity index (χ1) is 16.9. The molecule has 0 aromatic heterocycles. The molecule has 0 fully saturated rings. The van der Waals surface area contributed by atoms with Crippen molar-refractivity contribution >= 4 is 27.5 Å². The Kier molecular flexibility index (Phi) is 7.71. The number of thioether (sulfide) groups is 1. The number of ether oxygens (including phenoxy) is 1. The van der Waals surface area contributed by atoms with E-state index in [-0.39, 0.29) is 23.9 Å². The molecule has 15 heteroatoms. The summed E-state index contributed by atoms with van der Waals surface area (Å²) in [5, 5.41) is 0. The highest BCUT2D eigenvalue weighted by Gasteiger charge is 2.39. The highest BCUT2D eigenvalue weighted by Crippen LogP contribution is 2.41. The lowest BCUT2D eigenvalue weighted by atomic mass is 10.1. The number of para-hydroxylation sites is 1. The molecule has 0 radical (unpaired) electrons.